The number of hydrogen-bond donors (Lipinski definition) is 2. The molecule has 2 aromatic heterocycles. The summed E-state index contributed by atoms with van der Waals surface area (Å²) < 4.78 is 38.6. The van der Waals surface area contributed by atoms with Crippen molar-refractivity contribution in [1.29, 1.82) is 0 Å². The summed E-state index contributed by atoms with van der Waals surface area (Å²) in [6.45, 7) is 2.05. The van der Waals surface area contributed by atoms with Gasteiger partial charge in [-0.15, -0.1) is 0 Å². The number of alkyl halides is 3. The van der Waals surface area contributed by atoms with E-state index in [4.69, 9.17) is 0 Å². The van der Waals surface area contributed by atoms with E-state index < -0.39 is 11.9 Å². The molecule has 0 bridgehead atoms. The molecule has 0 aliphatic heterocycles. The van der Waals surface area contributed by atoms with Crippen LogP contribution < -0.4 is 5.32 Å². The van der Waals surface area contributed by atoms with Gasteiger partial charge in [-0.3, -0.25) is 9.78 Å². The molecule has 2 N–H and O–H groups in total. The number of nitrogens with zero attached hydrogens (tertiary/aromatic N) is 3. The lowest BCUT2D eigenvalue weighted by Gasteiger charge is -2.01. The molecule has 8 heteroatoms. The zero-order chi connectivity index (χ0) is 13.3. The Morgan fingerprint density at radius 3 is 2.67 bits per heavy atom. The van der Waals surface area contributed by atoms with Crippen LogP contribution in [0.25, 0.3) is 0 Å². The number of H-pyrrole nitrogens is 1. The first kappa shape index (κ1) is 12.5. The van der Waals surface area contributed by atoms with Crippen LogP contribution in [-0.4, -0.2) is 20.0 Å². The minimum atomic E-state index is -4.42. The van der Waals surface area contributed by atoms with Gasteiger partial charge in [0.05, 0.1) is 23.6 Å². The van der Waals surface area contributed by atoms with Gasteiger partial charge in [0, 0.05) is 13.2 Å². The first-order valence-corrected chi connectivity index (χ1v) is 5.22. The predicted molar refractivity (Wildman–Crippen MR) is 58.9 cm³/mol. The molecule has 2 rings (SSSR count). The molecule has 0 aromatic carbocycles. The van der Waals surface area contributed by atoms with Crippen LogP contribution in [0, 0.1) is 6.92 Å². The number of halogens is 3. The van der Waals surface area contributed by atoms with Gasteiger partial charge in [-0.25, -0.2) is 0 Å². The van der Waals surface area contributed by atoms with Crippen LogP contribution in [-0.2, 0) is 19.8 Å². The van der Waals surface area contributed by atoms with Gasteiger partial charge >= 0.3 is 6.18 Å². The van der Waals surface area contributed by atoms with E-state index in [1.807, 2.05) is 6.92 Å². The second kappa shape index (κ2) is 4.35. The van der Waals surface area contributed by atoms with Gasteiger partial charge in [-0.05, 0) is 13.0 Å². The van der Waals surface area contributed by atoms with Gasteiger partial charge in [0.25, 0.3) is 0 Å². The zero-order valence-electron chi connectivity index (χ0n) is 9.84. The van der Waals surface area contributed by atoms with E-state index >= 15 is 0 Å². The highest BCUT2D eigenvalue weighted by Gasteiger charge is 2.33. The highest BCUT2D eigenvalue weighted by molar-refractivity contribution is 5.45. The summed E-state index contributed by atoms with van der Waals surface area (Å²) in [5.74, 6) is 0. The largest absolute Gasteiger partial charge is 0.435 e. The van der Waals surface area contributed by atoms with Crippen molar-refractivity contribution in [3.05, 3.63) is 29.3 Å². The Morgan fingerprint density at radius 1 is 1.44 bits per heavy atom. The SMILES string of the molecule is Cc1nn(C)cc1NCc1cc(C(F)(F)F)n[nH]1. The van der Waals surface area contributed by atoms with Crippen LogP contribution in [0.2, 0.25) is 0 Å². The van der Waals surface area contributed by atoms with Crippen LogP contribution in [0.3, 0.4) is 0 Å². The van der Waals surface area contributed by atoms with E-state index in [0.29, 0.717) is 5.69 Å². The van der Waals surface area contributed by atoms with Crippen molar-refractivity contribution in [2.45, 2.75) is 19.6 Å². The van der Waals surface area contributed by atoms with Gasteiger partial charge in [0.2, 0.25) is 0 Å². The van der Waals surface area contributed by atoms with Gasteiger partial charge in [0.15, 0.2) is 5.69 Å². The minimum absolute atomic E-state index is 0.232. The van der Waals surface area contributed by atoms with Gasteiger partial charge in [-0.2, -0.15) is 23.4 Å². The molecule has 0 fully saturated rings. The van der Waals surface area contributed by atoms with E-state index in [0.717, 1.165) is 17.4 Å². The molecule has 2 aromatic rings. The van der Waals surface area contributed by atoms with Crippen molar-refractivity contribution in [3.63, 3.8) is 0 Å². The Kier molecular flexibility index (Phi) is 3.02. The average Bonchev–Trinajstić information content (AvgIpc) is 2.81. The third-order valence-electron chi connectivity index (χ3n) is 2.40. The standard InChI is InChI=1S/C10H12F3N5/c1-6-8(5-18(2)17-6)14-4-7-3-9(16-15-7)10(11,12)13/h3,5,14H,4H2,1-2H3,(H,15,16). The molecule has 0 saturated heterocycles. The van der Waals surface area contributed by atoms with Crippen molar-refractivity contribution in [3.8, 4) is 0 Å². The van der Waals surface area contributed by atoms with Crippen LogP contribution in [0.4, 0.5) is 18.9 Å². The molecule has 0 aliphatic rings. The Labute approximate surface area is 101 Å². The first-order valence-electron chi connectivity index (χ1n) is 5.22. The van der Waals surface area contributed by atoms with Crippen LogP contribution in [0.15, 0.2) is 12.3 Å². The summed E-state index contributed by atoms with van der Waals surface area (Å²) >= 11 is 0. The molecule has 98 valence electrons. The summed E-state index contributed by atoms with van der Waals surface area (Å²) in [5, 5.41) is 12.7. The smallest absolute Gasteiger partial charge is 0.377 e. The van der Waals surface area contributed by atoms with Crippen LogP contribution >= 0.6 is 0 Å². The molecule has 2 heterocycles. The van der Waals surface area contributed by atoms with Crippen molar-refractivity contribution in [1.82, 2.24) is 20.0 Å². The van der Waals surface area contributed by atoms with Crippen molar-refractivity contribution < 1.29 is 13.2 Å². The summed E-state index contributed by atoms with van der Waals surface area (Å²) in [7, 11) is 1.77. The molecule has 5 nitrogen and oxygen atoms in total. The maximum Gasteiger partial charge on any atom is 0.435 e. The quantitative estimate of drug-likeness (QED) is 0.887. The van der Waals surface area contributed by atoms with Crippen molar-refractivity contribution >= 4 is 5.69 Å². The van der Waals surface area contributed by atoms with E-state index in [9.17, 15) is 13.2 Å². The molecular formula is C10H12F3N5. The molecule has 0 saturated carbocycles. The lowest BCUT2D eigenvalue weighted by molar-refractivity contribution is -0.141. The maximum absolute atomic E-state index is 12.3. The average molecular weight is 259 g/mol. The maximum atomic E-state index is 12.3. The molecule has 0 amide bonds. The lowest BCUT2D eigenvalue weighted by Crippen LogP contribution is -2.04. The van der Waals surface area contributed by atoms with Crippen LogP contribution in [0.1, 0.15) is 17.1 Å². The number of anilines is 1. The topological polar surface area (TPSA) is 58.5 Å². The number of aryl methyl sites for hydroxylation is 2. The molecule has 0 aliphatic carbocycles. The molecule has 0 spiro atoms. The fourth-order valence-corrected chi connectivity index (χ4v) is 1.56. The van der Waals surface area contributed by atoms with E-state index in [1.54, 1.807) is 17.9 Å². The predicted octanol–water partition coefficient (Wildman–Crippen LogP) is 2.08. The Hall–Kier alpha value is -1.99. The summed E-state index contributed by atoms with van der Waals surface area (Å²) in [6, 6.07) is 0.985. The molecule has 0 atom stereocenters. The van der Waals surface area contributed by atoms with Gasteiger partial charge < -0.3 is 5.32 Å². The summed E-state index contributed by atoms with van der Waals surface area (Å²) in [4.78, 5) is 0. The highest BCUT2D eigenvalue weighted by Crippen LogP contribution is 2.27. The van der Waals surface area contributed by atoms with E-state index in [2.05, 4.69) is 20.6 Å². The fourth-order valence-electron chi connectivity index (χ4n) is 1.56. The van der Waals surface area contributed by atoms with Gasteiger partial charge in [-0.1, -0.05) is 0 Å². The second-order valence-electron chi connectivity index (χ2n) is 3.93. The third-order valence-corrected chi connectivity index (χ3v) is 2.40. The first-order chi connectivity index (χ1) is 8.36. The van der Waals surface area contributed by atoms with E-state index in [-0.39, 0.29) is 6.54 Å². The Morgan fingerprint density at radius 2 is 2.17 bits per heavy atom. The Balaban J connectivity index is 2.03. The number of nitrogens with one attached hydrogen (secondary N) is 2. The number of rotatable bonds is 3. The zero-order valence-corrected chi connectivity index (χ0v) is 9.84. The fraction of sp³-hybridized carbons (Fsp3) is 0.400. The summed E-state index contributed by atoms with van der Waals surface area (Å²) in [6.07, 6.45) is -2.66. The molecular weight excluding hydrogens is 247 g/mol. The minimum Gasteiger partial charge on any atom is -0.377 e. The van der Waals surface area contributed by atoms with E-state index in [1.165, 1.54) is 0 Å². The Bertz CT molecular complexity index is 540. The number of hydrogen-bond acceptors (Lipinski definition) is 3. The third kappa shape index (κ3) is 2.63. The van der Waals surface area contributed by atoms with Crippen molar-refractivity contribution in [2.75, 3.05) is 5.32 Å². The number of aromatic nitrogens is 4. The van der Waals surface area contributed by atoms with Gasteiger partial charge in [0.1, 0.15) is 0 Å². The summed E-state index contributed by atoms with van der Waals surface area (Å²) in [5.41, 5.74) is 1.02. The normalized spacial score (nSPS) is 11.8. The molecule has 0 radical (unpaired) electrons. The second-order valence-corrected chi connectivity index (χ2v) is 3.93. The van der Waals surface area contributed by atoms with Crippen LogP contribution in [0.5, 0.6) is 0 Å². The lowest BCUT2D eigenvalue weighted by atomic mass is 10.3. The molecule has 18 heavy (non-hydrogen) atoms. The van der Waals surface area contributed by atoms with Crippen molar-refractivity contribution in [2.24, 2.45) is 7.05 Å². The number of aromatic amines is 1. The monoisotopic (exact) mass is 259 g/mol. The molecule has 0 unspecified atom stereocenters. The highest BCUT2D eigenvalue weighted by atomic mass is 19.4.